The first kappa shape index (κ1) is 18.0. The van der Waals surface area contributed by atoms with Crippen LogP contribution < -0.4 is 5.32 Å². The van der Waals surface area contributed by atoms with Gasteiger partial charge in [-0.05, 0) is 49.6 Å². The van der Waals surface area contributed by atoms with Gasteiger partial charge in [-0.3, -0.25) is 0 Å². The first-order valence-electron chi connectivity index (χ1n) is 8.85. The van der Waals surface area contributed by atoms with Gasteiger partial charge in [-0.2, -0.15) is 0 Å². The van der Waals surface area contributed by atoms with E-state index in [2.05, 4.69) is 31.3 Å². The SMILES string of the molecule is Cc1ccc(Nc2nc(Cc3ccccc3)nc3sc(C)c(C)c23)cc1Cl. The van der Waals surface area contributed by atoms with E-state index in [0.29, 0.717) is 6.42 Å². The Hall–Kier alpha value is -2.43. The van der Waals surface area contributed by atoms with Crippen molar-refractivity contribution in [3.8, 4) is 0 Å². The minimum absolute atomic E-state index is 0.704. The summed E-state index contributed by atoms with van der Waals surface area (Å²) >= 11 is 8.02. The Labute approximate surface area is 168 Å². The highest BCUT2D eigenvalue weighted by Gasteiger charge is 2.15. The number of hydrogen-bond acceptors (Lipinski definition) is 4. The van der Waals surface area contributed by atoms with Gasteiger partial charge in [0.25, 0.3) is 0 Å². The third kappa shape index (κ3) is 3.68. The zero-order valence-corrected chi connectivity index (χ0v) is 17.1. The summed E-state index contributed by atoms with van der Waals surface area (Å²) in [6, 6.07) is 16.3. The largest absolute Gasteiger partial charge is 0.340 e. The van der Waals surface area contributed by atoms with E-state index in [4.69, 9.17) is 21.6 Å². The molecule has 5 heteroatoms. The fraction of sp³-hybridized carbons (Fsp3) is 0.182. The molecular formula is C22H20ClN3S. The van der Waals surface area contributed by atoms with Crippen molar-refractivity contribution in [2.75, 3.05) is 5.32 Å². The third-order valence-corrected chi connectivity index (χ3v) is 6.22. The van der Waals surface area contributed by atoms with Gasteiger partial charge in [0.1, 0.15) is 16.5 Å². The number of nitrogens with zero attached hydrogens (tertiary/aromatic N) is 2. The summed E-state index contributed by atoms with van der Waals surface area (Å²) in [4.78, 5) is 12.0. The van der Waals surface area contributed by atoms with Gasteiger partial charge in [0.2, 0.25) is 0 Å². The maximum atomic E-state index is 6.30. The molecule has 0 spiro atoms. The van der Waals surface area contributed by atoms with Gasteiger partial charge in [-0.1, -0.05) is 48.0 Å². The normalized spacial score (nSPS) is 11.1. The van der Waals surface area contributed by atoms with Gasteiger partial charge in [0, 0.05) is 22.0 Å². The number of benzene rings is 2. The van der Waals surface area contributed by atoms with Crippen LogP contribution in [0.1, 0.15) is 27.4 Å². The molecule has 3 nitrogen and oxygen atoms in total. The molecule has 2 heterocycles. The predicted molar refractivity (Wildman–Crippen MR) is 116 cm³/mol. The number of nitrogens with one attached hydrogen (secondary N) is 1. The van der Waals surface area contributed by atoms with Gasteiger partial charge in [-0.25, -0.2) is 9.97 Å². The number of fused-ring (bicyclic) bond motifs is 1. The minimum Gasteiger partial charge on any atom is -0.340 e. The number of rotatable bonds is 4. The molecule has 0 bridgehead atoms. The Morgan fingerprint density at radius 2 is 1.78 bits per heavy atom. The van der Waals surface area contributed by atoms with Crippen LogP contribution in [0, 0.1) is 20.8 Å². The fourth-order valence-electron chi connectivity index (χ4n) is 3.05. The Balaban J connectivity index is 1.79. The molecule has 0 atom stereocenters. The van der Waals surface area contributed by atoms with E-state index in [-0.39, 0.29) is 0 Å². The van der Waals surface area contributed by atoms with Crippen LogP contribution in [0.3, 0.4) is 0 Å². The molecule has 27 heavy (non-hydrogen) atoms. The molecule has 0 amide bonds. The monoisotopic (exact) mass is 393 g/mol. The molecular weight excluding hydrogens is 374 g/mol. The molecule has 136 valence electrons. The lowest BCUT2D eigenvalue weighted by molar-refractivity contribution is 0.999. The second-order valence-corrected chi connectivity index (χ2v) is 8.31. The van der Waals surface area contributed by atoms with Crippen LogP contribution in [-0.4, -0.2) is 9.97 Å². The van der Waals surface area contributed by atoms with Crippen LogP contribution in [0.15, 0.2) is 48.5 Å². The summed E-state index contributed by atoms with van der Waals surface area (Å²) in [6.07, 6.45) is 0.704. The molecule has 0 aliphatic carbocycles. The zero-order valence-electron chi connectivity index (χ0n) is 15.5. The fourth-order valence-corrected chi connectivity index (χ4v) is 4.28. The van der Waals surface area contributed by atoms with Gasteiger partial charge in [0.05, 0.1) is 5.39 Å². The van der Waals surface area contributed by atoms with Crippen LogP contribution in [0.5, 0.6) is 0 Å². The van der Waals surface area contributed by atoms with Crippen LogP contribution in [0.2, 0.25) is 5.02 Å². The number of aryl methyl sites for hydroxylation is 3. The van der Waals surface area contributed by atoms with E-state index >= 15 is 0 Å². The van der Waals surface area contributed by atoms with Crippen LogP contribution in [0.25, 0.3) is 10.2 Å². The number of anilines is 2. The first-order chi connectivity index (χ1) is 13.0. The van der Waals surface area contributed by atoms with E-state index in [1.54, 1.807) is 11.3 Å². The van der Waals surface area contributed by atoms with Crippen molar-refractivity contribution in [2.45, 2.75) is 27.2 Å². The van der Waals surface area contributed by atoms with E-state index < -0.39 is 0 Å². The Morgan fingerprint density at radius 1 is 1.00 bits per heavy atom. The average Bonchev–Trinajstić information content (AvgIpc) is 2.93. The molecule has 0 radical (unpaired) electrons. The lowest BCUT2D eigenvalue weighted by Crippen LogP contribution is -2.02. The average molecular weight is 394 g/mol. The highest BCUT2D eigenvalue weighted by molar-refractivity contribution is 7.18. The van der Waals surface area contributed by atoms with Gasteiger partial charge in [-0.15, -0.1) is 11.3 Å². The Morgan fingerprint density at radius 3 is 2.52 bits per heavy atom. The van der Waals surface area contributed by atoms with Crippen LogP contribution in [-0.2, 0) is 6.42 Å². The molecule has 0 unspecified atom stereocenters. The Kier molecular flexibility index (Phi) is 4.85. The zero-order chi connectivity index (χ0) is 19.0. The topological polar surface area (TPSA) is 37.8 Å². The second-order valence-electron chi connectivity index (χ2n) is 6.70. The van der Waals surface area contributed by atoms with E-state index in [9.17, 15) is 0 Å². The van der Waals surface area contributed by atoms with Crippen molar-refractivity contribution in [3.63, 3.8) is 0 Å². The third-order valence-electron chi connectivity index (χ3n) is 4.71. The molecule has 4 rings (SSSR count). The lowest BCUT2D eigenvalue weighted by atomic mass is 10.1. The summed E-state index contributed by atoms with van der Waals surface area (Å²) in [5.41, 5.74) is 4.41. The standard InChI is InChI=1S/C22H20ClN3S/c1-13-9-10-17(12-18(13)23)24-21-20-14(2)15(3)27-22(20)26-19(25-21)11-16-7-5-4-6-8-16/h4-10,12H,11H2,1-3H3,(H,24,25,26). The smallest absolute Gasteiger partial charge is 0.143 e. The summed E-state index contributed by atoms with van der Waals surface area (Å²) in [6.45, 7) is 6.26. The van der Waals surface area contributed by atoms with Crippen LogP contribution in [0.4, 0.5) is 11.5 Å². The quantitative estimate of drug-likeness (QED) is 0.424. The van der Waals surface area contributed by atoms with Crippen molar-refractivity contribution in [3.05, 3.63) is 80.9 Å². The molecule has 0 aliphatic heterocycles. The number of hydrogen-bond donors (Lipinski definition) is 1. The number of halogens is 1. The minimum atomic E-state index is 0.704. The Bertz CT molecular complexity index is 1120. The molecule has 2 aromatic carbocycles. The lowest BCUT2D eigenvalue weighted by Gasteiger charge is -2.11. The van der Waals surface area contributed by atoms with Gasteiger partial charge >= 0.3 is 0 Å². The second kappa shape index (κ2) is 7.29. The highest BCUT2D eigenvalue weighted by atomic mass is 35.5. The van der Waals surface area contributed by atoms with E-state index in [0.717, 1.165) is 38.1 Å². The van der Waals surface area contributed by atoms with Crippen LogP contribution >= 0.6 is 22.9 Å². The highest BCUT2D eigenvalue weighted by Crippen LogP contribution is 2.35. The molecule has 1 N–H and O–H groups in total. The van der Waals surface area contributed by atoms with Crippen molar-refractivity contribution >= 4 is 44.7 Å². The number of aromatic nitrogens is 2. The molecule has 0 fully saturated rings. The molecule has 2 aromatic heterocycles. The molecule has 0 saturated heterocycles. The molecule has 0 saturated carbocycles. The van der Waals surface area contributed by atoms with Crippen molar-refractivity contribution in [1.82, 2.24) is 9.97 Å². The number of thiophene rings is 1. The summed E-state index contributed by atoms with van der Waals surface area (Å²) in [5, 5.41) is 5.30. The maximum Gasteiger partial charge on any atom is 0.143 e. The van der Waals surface area contributed by atoms with Crippen molar-refractivity contribution in [1.29, 1.82) is 0 Å². The maximum absolute atomic E-state index is 6.30. The van der Waals surface area contributed by atoms with Crippen molar-refractivity contribution < 1.29 is 0 Å². The summed E-state index contributed by atoms with van der Waals surface area (Å²) in [7, 11) is 0. The van der Waals surface area contributed by atoms with E-state index in [1.807, 2.05) is 43.3 Å². The first-order valence-corrected chi connectivity index (χ1v) is 10.0. The van der Waals surface area contributed by atoms with Gasteiger partial charge in [0.15, 0.2) is 0 Å². The van der Waals surface area contributed by atoms with E-state index in [1.165, 1.54) is 16.0 Å². The van der Waals surface area contributed by atoms with Crippen molar-refractivity contribution in [2.24, 2.45) is 0 Å². The summed E-state index contributed by atoms with van der Waals surface area (Å²) < 4.78 is 0. The van der Waals surface area contributed by atoms with Gasteiger partial charge < -0.3 is 5.32 Å². The molecule has 4 aromatic rings. The predicted octanol–water partition coefficient (Wildman–Crippen LogP) is 6.60. The molecule has 0 aliphatic rings. The summed E-state index contributed by atoms with van der Waals surface area (Å²) in [5.74, 6) is 1.66.